The Hall–Kier alpha value is -2.47. The van der Waals surface area contributed by atoms with Crippen molar-refractivity contribution in [2.24, 2.45) is 0 Å². The molecular weight excluding hydrogens is 366 g/mol. The van der Waals surface area contributed by atoms with E-state index in [0.717, 1.165) is 35.2 Å². The maximum atomic E-state index is 4.74. The zero-order valence-electron chi connectivity index (χ0n) is 16.8. The standard InChI is InChI=1S/C22H29N5S/c1-3-5-14-27(15-6-4-2)20-12-13-23-22(26-20)24-16-19-17-28-21(25-19)18-10-8-7-9-11-18/h7-13,17H,3-6,14-16H2,1-2H3,(H,23,24,26). The van der Waals surface area contributed by atoms with Gasteiger partial charge in [0.2, 0.25) is 5.95 Å². The van der Waals surface area contributed by atoms with E-state index in [1.165, 1.54) is 25.7 Å². The smallest absolute Gasteiger partial charge is 0.224 e. The van der Waals surface area contributed by atoms with Gasteiger partial charge in [-0.25, -0.2) is 9.97 Å². The molecule has 0 spiro atoms. The number of unbranched alkanes of at least 4 members (excludes halogenated alkanes) is 2. The molecule has 0 amide bonds. The van der Waals surface area contributed by atoms with Crippen LogP contribution in [-0.2, 0) is 6.54 Å². The molecule has 2 heterocycles. The molecule has 0 saturated heterocycles. The van der Waals surface area contributed by atoms with Gasteiger partial charge >= 0.3 is 0 Å². The first-order chi connectivity index (χ1) is 13.8. The molecule has 0 aliphatic carbocycles. The molecule has 0 aliphatic heterocycles. The topological polar surface area (TPSA) is 53.9 Å². The quantitative estimate of drug-likeness (QED) is 0.457. The Morgan fingerprint density at radius 2 is 1.71 bits per heavy atom. The van der Waals surface area contributed by atoms with E-state index < -0.39 is 0 Å². The van der Waals surface area contributed by atoms with Crippen molar-refractivity contribution in [2.75, 3.05) is 23.3 Å². The number of hydrogen-bond donors (Lipinski definition) is 1. The lowest BCUT2D eigenvalue weighted by Gasteiger charge is -2.23. The summed E-state index contributed by atoms with van der Waals surface area (Å²) in [6.07, 6.45) is 6.57. The van der Waals surface area contributed by atoms with Crippen LogP contribution >= 0.6 is 11.3 Å². The lowest BCUT2D eigenvalue weighted by atomic mass is 10.2. The van der Waals surface area contributed by atoms with Crippen LogP contribution in [0, 0.1) is 0 Å². The third-order valence-electron chi connectivity index (χ3n) is 4.53. The monoisotopic (exact) mass is 395 g/mol. The Bertz CT molecular complexity index is 826. The second-order valence-electron chi connectivity index (χ2n) is 6.80. The average Bonchev–Trinajstić information content (AvgIpc) is 3.22. The van der Waals surface area contributed by atoms with Crippen molar-refractivity contribution in [3.8, 4) is 10.6 Å². The van der Waals surface area contributed by atoms with Gasteiger partial charge in [-0.1, -0.05) is 57.0 Å². The predicted octanol–water partition coefficient (Wildman–Crippen LogP) is 5.62. The molecule has 0 fully saturated rings. The van der Waals surface area contributed by atoms with Gasteiger partial charge in [0, 0.05) is 30.2 Å². The van der Waals surface area contributed by atoms with E-state index in [0.29, 0.717) is 12.5 Å². The predicted molar refractivity (Wildman–Crippen MR) is 119 cm³/mol. The molecule has 6 heteroatoms. The minimum absolute atomic E-state index is 0.622. The first-order valence-corrected chi connectivity index (χ1v) is 11.0. The van der Waals surface area contributed by atoms with Crippen LogP contribution in [0.4, 0.5) is 11.8 Å². The van der Waals surface area contributed by atoms with Gasteiger partial charge in [0.05, 0.1) is 12.2 Å². The molecule has 5 nitrogen and oxygen atoms in total. The number of nitrogens with zero attached hydrogens (tertiary/aromatic N) is 4. The third-order valence-corrected chi connectivity index (χ3v) is 5.47. The van der Waals surface area contributed by atoms with Crippen molar-refractivity contribution in [3.05, 3.63) is 53.7 Å². The van der Waals surface area contributed by atoms with Gasteiger partial charge in [0.1, 0.15) is 10.8 Å². The van der Waals surface area contributed by atoms with Crippen LogP contribution in [0.2, 0.25) is 0 Å². The van der Waals surface area contributed by atoms with Crippen molar-refractivity contribution in [3.63, 3.8) is 0 Å². The molecule has 2 aromatic heterocycles. The Kier molecular flexibility index (Phi) is 7.79. The van der Waals surface area contributed by atoms with E-state index >= 15 is 0 Å². The number of hydrogen-bond acceptors (Lipinski definition) is 6. The van der Waals surface area contributed by atoms with E-state index in [-0.39, 0.29) is 0 Å². The van der Waals surface area contributed by atoms with E-state index in [1.54, 1.807) is 11.3 Å². The van der Waals surface area contributed by atoms with Gasteiger partial charge in [-0.05, 0) is 18.9 Å². The van der Waals surface area contributed by atoms with Crippen LogP contribution < -0.4 is 10.2 Å². The highest BCUT2D eigenvalue weighted by Crippen LogP contribution is 2.23. The fraction of sp³-hybridized carbons (Fsp3) is 0.409. The highest BCUT2D eigenvalue weighted by molar-refractivity contribution is 7.13. The summed E-state index contributed by atoms with van der Waals surface area (Å²) in [5.74, 6) is 1.66. The van der Waals surface area contributed by atoms with Crippen molar-refractivity contribution >= 4 is 23.1 Å². The molecule has 28 heavy (non-hydrogen) atoms. The molecule has 0 aliphatic rings. The SMILES string of the molecule is CCCCN(CCCC)c1ccnc(NCc2csc(-c3ccccc3)n2)n1. The fourth-order valence-corrected chi connectivity index (χ4v) is 3.75. The number of anilines is 2. The van der Waals surface area contributed by atoms with Gasteiger partial charge < -0.3 is 10.2 Å². The molecule has 148 valence electrons. The van der Waals surface area contributed by atoms with Gasteiger partial charge in [-0.2, -0.15) is 4.98 Å². The van der Waals surface area contributed by atoms with E-state index in [9.17, 15) is 0 Å². The maximum Gasteiger partial charge on any atom is 0.224 e. The highest BCUT2D eigenvalue weighted by atomic mass is 32.1. The van der Waals surface area contributed by atoms with Crippen LogP contribution in [0.1, 0.15) is 45.2 Å². The van der Waals surface area contributed by atoms with Gasteiger partial charge in [0.25, 0.3) is 0 Å². The van der Waals surface area contributed by atoms with Gasteiger partial charge in [-0.3, -0.25) is 0 Å². The maximum absolute atomic E-state index is 4.74. The van der Waals surface area contributed by atoms with Crippen LogP contribution in [0.15, 0.2) is 48.0 Å². The second-order valence-corrected chi connectivity index (χ2v) is 7.65. The van der Waals surface area contributed by atoms with E-state index in [4.69, 9.17) is 9.97 Å². The molecule has 0 radical (unpaired) electrons. The molecule has 1 aromatic carbocycles. The van der Waals surface area contributed by atoms with Gasteiger partial charge in [-0.15, -0.1) is 11.3 Å². The number of thiazole rings is 1. The molecule has 0 bridgehead atoms. The summed E-state index contributed by atoms with van der Waals surface area (Å²) < 4.78 is 0. The van der Waals surface area contributed by atoms with Crippen LogP contribution in [0.5, 0.6) is 0 Å². The summed E-state index contributed by atoms with van der Waals surface area (Å²) in [5.41, 5.74) is 2.16. The third kappa shape index (κ3) is 5.76. The summed E-state index contributed by atoms with van der Waals surface area (Å²) >= 11 is 1.66. The van der Waals surface area contributed by atoms with Crippen LogP contribution in [0.3, 0.4) is 0 Å². The minimum atomic E-state index is 0.622. The molecule has 3 rings (SSSR count). The van der Waals surface area contributed by atoms with Crippen molar-refractivity contribution < 1.29 is 0 Å². The zero-order chi connectivity index (χ0) is 19.6. The Balaban J connectivity index is 1.63. The zero-order valence-corrected chi connectivity index (χ0v) is 17.6. The fourth-order valence-electron chi connectivity index (χ4n) is 2.92. The average molecular weight is 396 g/mol. The number of benzene rings is 1. The summed E-state index contributed by atoms with van der Waals surface area (Å²) in [5, 5.41) is 6.46. The van der Waals surface area contributed by atoms with Crippen molar-refractivity contribution in [2.45, 2.75) is 46.1 Å². The largest absolute Gasteiger partial charge is 0.356 e. The lowest BCUT2D eigenvalue weighted by Crippen LogP contribution is -2.26. The second kappa shape index (κ2) is 10.8. The number of rotatable bonds is 11. The van der Waals surface area contributed by atoms with Crippen LogP contribution in [-0.4, -0.2) is 28.0 Å². The Morgan fingerprint density at radius 3 is 2.43 bits per heavy atom. The minimum Gasteiger partial charge on any atom is -0.356 e. The highest BCUT2D eigenvalue weighted by Gasteiger charge is 2.09. The van der Waals surface area contributed by atoms with E-state index in [2.05, 4.69) is 46.6 Å². The summed E-state index contributed by atoms with van der Waals surface area (Å²) in [6, 6.07) is 12.3. The lowest BCUT2D eigenvalue weighted by molar-refractivity contribution is 0.670. The molecule has 0 unspecified atom stereocenters. The Labute approximate surface area is 171 Å². The first kappa shape index (κ1) is 20.3. The Morgan fingerprint density at radius 1 is 0.964 bits per heavy atom. The van der Waals surface area contributed by atoms with Crippen molar-refractivity contribution in [1.82, 2.24) is 15.0 Å². The molecule has 0 saturated carbocycles. The normalized spacial score (nSPS) is 10.8. The summed E-state index contributed by atoms with van der Waals surface area (Å²) in [6.45, 7) is 7.15. The molecule has 3 aromatic rings. The number of nitrogens with one attached hydrogen (secondary N) is 1. The van der Waals surface area contributed by atoms with Crippen molar-refractivity contribution in [1.29, 1.82) is 0 Å². The van der Waals surface area contributed by atoms with E-state index in [1.807, 2.05) is 30.5 Å². The first-order valence-electron chi connectivity index (χ1n) is 10.1. The summed E-state index contributed by atoms with van der Waals surface area (Å²) in [7, 11) is 0. The summed E-state index contributed by atoms with van der Waals surface area (Å²) in [4.78, 5) is 16.2. The van der Waals surface area contributed by atoms with Gasteiger partial charge in [0.15, 0.2) is 0 Å². The number of aromatic nitrogens is 3. The molecule has 1 N–H and O–H groups in total. The van der Waals surface area contributed by atoms with Crippen LogP contribution in [0.25, 0.3) is 10.6 Å². The molecule has 0 atom stereocenters. The molecular formula is C22H29N5S.